The summed E-state index contributed by atoms with van der Waals surface area (Å²) in [4.78, 5) is 57.2. The van der Waals surface area contributed by atoms with Gasteiger partial charge in [0.25, 0.3) is 23.6 Å². The van der Waals surface area contributed by atoms with Crippen molar-refractivity contribution in [1.29, 1.82) is 0 Å². The van der Waals surface area contributed by atoms with E-state index in [0.29, 0.717) is 11.3 Å². The highest BCUT2D eigenvalue weighted by molar-refractivity contribution is 8.78. The van der Waals surface area contributed by atoms with Gasteiger partial charge in [-0.25, -0.2) is 8.78 Å². The lowest BCUT2D eigenvalue weighted by molar-refractivity contribution is -0.166. The number of fused-ring (bicyclic) bond motifs is 11. The maximum atomic E-state index is 15.6. The number of hydrogen-bond donors (Lipinski definition) is 3. The molecule has 0 radical (unpaired) electrons. The number of likely N-dealkylation sites (N-methyl/N-ethyl adjacent to an activating group) is 2. The molecule has 10 atom stereocenters. The number of carbonyl (C=O) groups excluding carboxylic acids is 4. The number of carbonyl (C=O) groups is 4. The van der Waals surface area contributed by atoms with Crippen molar-refractivity contribution in [3.8, 4) is 0 Å². The molecule has 8 fully saturated rings. The summed E-state index contributed by atoms with van der Waals surface area (Å²) in [6.45, 7) is 3.25. The molecule has 9 aliphatic heterocycles. The second kappa shape index (κ2) is 8.42. The Kier molecular flexibility index (Phi) is 5.29. The van der Waals surface area contributed by atoms with Gasteiger partial charge in [-0.15, -0.1) is 0 Å². The van der Waals surface area contributed by atoms with Crippen LogP contribution in [0.5, 0.6) is 0 Å². The number of aliphatic hydroxyl groups excluding tert-OH is 2. The van der Waals surface area contributed by atoms with Gasteiger partial charge in [-0.3, -0.25) is 24.1 Å². The number of aliphatic hydroxyl groups is 2. The van der Waals surface area contributed by atoms with Gasteiger partial charge in [0.2, 0.25) is 9.74 Å². The van der Waals surface area contributed by atoms with Crippen LogP contribution in [-0.4, -0.2) is 111 Å². The fourth-order valence-electron chi connectivity index (χ4n) is 10.3. The number of anilines is 1. The molecule has 9 heterocycles. The SMILES string of the molecule is CN1C(=O)[C@]23SS[C@@]1(C)C(=O)N2[C@H]1Cc2ccc(F)cc2[C@@]1([C@@]12c4cc(F)ccc4N[C@@H]1N1C(=O)[C@]4(C)SS[C@]1(C(=O)N4C)[C@H]2O)[C@@H]3O. The van der Waals surface area contributed by atoms with E-state index in [1.54, 1.807) is 19.9 Å². The van der Waals surface area contributed by atoms with Crippen LogP contribution in [0.1, 0.15) is 30.5 Å². The molecule has 1 aliphatic carbocycles. The van der Waals surface area contributed by atoms with Crippen LogP contribution in [0, 0.1) is 11.6 Å². The maximum absolute atomic E-state index is 15.6. The zero-order valence-corrected chi connectivity index (χ0v) is 29.0. The van der Waals surface area contributed by atoms with E-state index in [2.05, 4.69) is 5.32 Å². The Morgan fingerprint density at radius 1 is 0.729 bits per heavy atom. The summed E-state index contributed by atoms with van der Waals surface area (Å²) >= 11 is 0. The van der Waals surface area contributed by atoms with E-state index >= 15 is 8.78 Å². The quantitative estimate of drug-likeness (QED) is 0.371. The minimum absolute atomic E-state index is 0.0682. The molecule has 11 nitrogen and oxygen atoms in total. The van der Waals surface area contributed by atoms with E-state index in [4.69, 9.17) is 0 Å². The average Bonchev–Trinajstić information content (AvgIpc) is 3.70. The fraction of sp³-hybridized carbons (Fsp3) is 0.484. The van der Waals surface area contributed by atoms with Crippen molar-refractivity contribution in [2.75, 3.05) is 19.4 Å². The summed E-state index contributed by atoms with van der Waals surface area (Å²) in [5, 5.41) is 29.8. The van der Waals surface area contributed by atoms with E-state index in [1.807, 2.05) is 0 Å². The molecule has 0 unspecified atom stereocenters. The van der Waals surface area contributed by atoms with E-state index in [0.717, 1.165) is 43.2 Å². The lowest BCUT2D eigenvalue weighted by atomic mass is 9.51. The van der Waals surface area contributed by atoms with Crippen molar-refractivity contribution in [3.05, 3.63) is 64.7 Å². The van der Waals surface area contributed by atoms with Gasteiger partial charge >= 0.3 is 0 Å². The number of halogens is 2. The van der Waals surface area contributed by atoms with E-state index < -0.39 is 90.0 Å². The molecule has 250 valence electrons. The third-order valence-corrected chi connectivity index (χ3v) is 20.0. The number of piperazine rings is 2. The van der Waals surface area contributed by atoms with Crippen LogP contribution in [0.3, 0.4) is 0 Å². The number of nitrogens with one attached hydrogen (secondary N) is 1. The Bertz CT molecular complexity index is 1870. The van der Waals surface area contributed by atoms with Crippen molar-refractivity contribution in [2.24, 2.45) is 0 Å². The molecule has 17 heteroatoms. The molecule has 48 heavy (non-hydrogen) atoms. The minimum atomic E-state index is -1.99. The summed E-state index contributed by atoms with van der Waals surface area (Å²) in [6, 6.07) is 6.91. The lowest BCUT2D eigenvalue weighted by Crippen LogP contribution is -2.77. The number of hydrogen-bond acceptors (Lipinski definition) is 11. The molecule has 4 amide bonds. The fourth-order valence-corrected chi connectivity index (χ4v) is 17.4. The van der Waals surface area contributed by atoms with Gasteiger partial charge in [-0.05, 0) is 88.9 Å². The molecule has 2 aromatic carbocycles. The predicted octanol–water partition coefficient (Wildman–Crippen LogP) is 1.78. The van der Waals surface area contributed by atoms with Crippen LogP contribution in [0.15, 0.2) is 36.4 Å². The first-order valence-corrected chi connectivity index (χ1v) is 19.6. The largest absolute Gasteiger partial charge is 0.388 e. The first kappa shape index (κ1) is 30.2. The van der Waals surface area contributed by atoms with Crippen molar-refractivity contribution in [1.82, 2.24) is 19.6 Å². The molecular weight excluding hydrogens is 705 g/mol. The third-order valence-electron chi connectivity index (χ3n) is 12.6. The summed E-state index contributed by atoms with van der Waals surface area (Å²) in [7, 11) is 7.33. The summed E-state index contributed by atoms with van der Waals surface area (Å²) in [6.07, 6.45) is -4.87. The monoisotopic (exact) mass is 731 g/mol. The van der Waals surface area contributed by atoms with Crippen LogP contribution >= 0.6 is 43.2 Å². The number of nitrogens with zero attached hydrogens (tertiary/aromatic N) is 4. The van der Waals surface area contributed by atoms with Gasteiger partial charge in [0.05, 0.1) is 16.9 Å². The van der Waals surface area contributed by atoms with Crippen LogP contribution in [0.4, 0.5) is 14.5 Å². The molecule has 2 spiro atoms. The second-order valence-corrected chi connectivity index (χ2v) is 19.6. The molecule has 3 N–H and O–H groups in total. The van der Waals surface area contributed by atoms with Gasteiger partial charge in [-0.2, -0.15) is 0 Å². The average molecular weight is 732 g/mol. The van der Waals surface area contributed by atoms with Gasteiger partial charge in [0.15, 0.2) is 9.74 Å². The van der Waals surface area contributed by atoms with E-state index in [9.17, 15) is 29.4 Å². The minimum Gasteiger partial charge on any atom is -0.388 e. The number of benzene rings is 2. The molecule has 4 bridgehead atoms. The highest BCUT2D eigenvalue weighted by atomic mass is 33.1. The smallest absolute Gasteiger partial charge is 0.264 e. The number of amides is 4. The predicted molar refractivity (Wildman–Crippen MR) is 175 cm³/mol. The van der Waals surface area contributed by atoms with Crippen LogP contribution in [0.2, 0.25) is 0 Å². The lowest BCUT2D eigenvalue weighted by Gasteiger charge is -2.58. The molecular formula is C31H27F2N5O6S4. The molecule has 10 aliphatic rings. The Labute approximate surface area is 288 Å². The molecule has 0 saturated carbocycles. The van der Waals surface area contributed by atoms with Crippen molar-refractivity contribution < 1.29 is 38.2 Å². The Morgan fingerprint density at radius 2 is 1.25 bits per heavy atom. The normalized spacial score (nSPS) is 45.8. The molecule has 12 rings (SSSR count). The van der Waals surface area contributed by atoms with Gasteiger partial charge in [-0.1, -0.05) is 27.7 Å². The summed E-state index contributed by atoms with van der Waals surface area (Å²) < 4.78 is 31.2. The topological polar surface area (TPSA) is 134 Å². The van der Waals surface area contributed by atoms with Crippen LogP contribution < -0.4 is 5.32 Å². The van der Waals surface area contributed by atoms with E-state index in [-0.39, 0.29) is 17.5 Å². The Hall–Kier alpha value is -2.70. The zero-order chi connectivity index (χ0) is 33.9. The standard InChI is InChI=1S/C31H27F2N5O6S4/c1-26-22(41)37-18-9-12-5-6-13(32)10-15(12)28(18,19(39)30(37,47-45-26)24(43)35(26)3)29-16-11-14(33)7-8-17(16)34-21(29)38-23(42)27(2)36(4)25(44)31(38,20(29)40)48-46-27/h5-8,10-11,18-21,34,39-40H,9H2,1-4H3/t18-,19-,20-,21+,26-,27-,28-,29+,30-,31-/m0/s1. The third kappa shape index (κ3) is 2.55. The van der Waals surface area contributed by atoms with Crippen molar-refractivity contribution in [2.45, 2.75) is 75.0 Å². The zero-order valence-electron chi connectivity index (χ0n) is 25.7. The summed E-state index contributed by atoms with van der Waals surface area (Å²) in [5.41, 5.74) is -2.63. The van der Waals surface area contributed by atoms with Gasteiger partial charge < -0.3 is 30.2 Å². The Balaban J connectivity index is 1.37. The molecule has 2 aromatic rings. The maximum Gasteiger partial charge on any atom is 0.264 e. The summed E-state index contributed by atoms with van der Waals surface area (Å²) in [5.74, 6) is -3.38. The molecule has 8 saturated heterocycles. The highest BCUT2D eigenvalue weighted by Gasteiger charge is 2.92. The molecule has 0 aromatic heterocycles. The van der Waals surface area contributed by atoms with Crippen LogP contribution in [-0.2, 0) is 36.4 Å². The van der Waals surface area contributed by atoms with Crippen molar-refractivity contribution in [3.63, 3.8) is 0 Å². The van der Waals surface area contributed by atoms with E-state index in [1.165, 1.54) is 64.0 Å². The highest BCUT2D eigenvalue weighted by Crippen LogP contribution is 2.78. The van der Waals surface area contributed by atoms with Crippen molar-refractivity contribution >= 4 is 72.5 Å². The second-order valence-electron chi connectivity index (χ2n) is 14.1. The van der Waals surface area contributed by atoms with Gasteiger partial charge in [0, 0.05) is 19.8 Å². The Morgan fingerprint density at radius 3 is 1.88 bits per heavy atom. The first-order chi connectivity index (χ1) is 22.6. The van der Waals surface area contributed by atoms with Gasteiger partial charge in [0.1, 0.15) is 30.0 Å². The first-order valence-electron chi connectivity index (χ1n) is 15.3. The van der Waals surface area contributed by atoms with Crippen LogP contribution in [0.25, 0.3) is 0 Å². The number of rotatable bonds is 1.